The largest absolute Gasteiger partial charge is 0.432 e. The van der Waals surface area contributed by atoms with Crippen molar-refractivity contribution in [1.82, 2.24) is 4.90 Å². The summed E-state index contributed by atoms with van der Waals surface area (Å²) in [6, 6.07) is 29.5. The van der Waals surface area contributed by atoms with E-state index in [-0.39, 0.29) is 50.2 Å². The van der Waals surface area contributed by atoms with Gasteiger partial charge in [0.25, 0.3) is 17.5 Å². The normalized spacial score (nSPS) is 20.9. The molecule has 12 nitrogen and oxygen atoms in total. The van der Waals surface area contributed by atoms with Gasteiger partial charge in [-0.3, -0.25) is 24.5 Å². The molecule has 2 heterocycles. The van der Waals surface area contributed by atoms with E-state index in [2.05, 4.69) is 5.32 Å². The summed E-state index contributed by atoms with van der Waals surface area (Å²) < 4.78 is 6.77. The third-order valence-electron chi connectivity index (χ3n) is 10.1. The van der Waals surface area contributed by atoms with Crippen LogP contribution in [0, 0.1) is 16.0 Å². The lowest BCUT2D eigenvalue weighted by Crippen LogP contribution is -2.46. The number of fused-ring (bicyclic) bond motifs is 2. The molecule has 52 heavy (non-hydrogen) atoms. The molecular weight excluding hydrogens is 681 g/mol. The molecule has 0 radical (unpaired) electrons. The van der Waals surface area contributed by atoms with Gasteiger partial charge >= 0.3 is 0 Å². The van der Waals surface area contributed by atoms with Crippen molar-refractivity contribution in [2.45, 2.75) is 56.8 Å². The first-order valence-corrected chi connectivity index (χ1v) is 20.2. The first-order chi connectivity index (χ1) is 24.8. The molecular formula is C39H42N4O8Si. The lowest BCUT2D eigenvalue weighted by atomic mass is 9.82. The summed E-state index contributed by atoms with van der Waals surface area (Å²) in [5, 5.41) is 24.7. The van der Waals surface area contributed by atoms with Crippen molar-refractivity contribution in [3.05, 3.63) is 135 Å². The number of aliphatic hydroxyl groups excluding tert-OH is 1. The number of nitro groups is 1. The van der Waals surface area contributed by atoms with E-state index in [1.807, 2.05) is 42.5 Å². The van der Waals surface area contributed by atoms with E-state index in [1.54, 1.807) is 62.5 Å². The van der Waals surface area contributed by atoms with Gasteiger partial charge in [-0.2, -0.15) is 0 Å². The Labute approximate surface area is 302 Å². The molecule has 6 rings (SSSR count). The standard InChI is InChI=1S/C39H42N4O8Si/c1-26-36(52(2,3)50)34(23-35(45)41(19-20-44)24-27-11-6-4-7-12-27)51-39(26)32-22-31(43(48)49)17-18-33(32)42(38(39)47)25-28-13-10-16-30(21-28)40-37(46)29-14-8-5-9-15-29/h4-18,21-22,26,34,36,44,50H,19-20,23-25H2,1-3H3,(H,40,46)/t26-,34+,36-,39+/m0/s1. The highest BCUT2D eigenvalue weighted by Gasteiger charge is 2.66. The molecule has 1 fully saturated rings. The average molecular weight is 723 g/mol. The molecule has 270 valence electrons. The number of rotatable bonds is 12. The monoisotopic (exact) mass is 722 g/mol. The number of amides is 3. The second-order valence-electron chi connectivity index (χ2n) is 14.0. The van der Waals surface area contributed by atoms with Crippen LogP contribution in [0.1, 0.15) is 40.4 Å². The lowest BCUT2D eigenvalue weighted by Gasteiger charge is -2.32. The fraction of sp³-hybridized carbons (Fsp3) is 0.308. The van der Waals surface area contributed by atoms with Crippen LogP contribution in [0.15, 0.2) is 103 Å². The predicted octanol–water partition coefficient (Wildman–Crippen LogP) is 5.60. The van der Waals surface area contributed by atoms with Crippen LogP contribution in [0.5, 0.6) is 0 Å². The van der Waals surface area contributed by atoms with Gasteiger partial charge in [0.2, 0.25) is 5.91 Å². The van der Waals surface area contributed by atoms with Gasteiger partial charge in [0.1, 0.15) is 0 Å². The number of nitro benzene ring substituents is 1. The zero-order valence-electron chi connectivity index (χ0n) is 29.3. The maximum absolute atomic E-state index is 14.9. The van der Waals surface area contributed by atoms with Crippen molar-refractivity contribution in [1.29, 1.82) is 0 Å². The van der Waals surface area contributed by atoms with E-state index in [9.17, 15) is 34.4 Å². The molecule has 0 saturated carbocycles. The molecule has 4 aromatic carbocycles. The Balaban J connectivity index is 1.34. The highest BCUT2D eigenvalue weighted by molar-refractivity contribution is 6.71. The molecule has 1 spiro atoms. The van der Waals surface area contributed by atoms with Crippen molar-refractivity contribution in [3.8, 4) is 0 Å². The Morgan fingerprint density at radius 3 is 2.31 bits per heavy atom. The maximum Gasteiger partial charge on any atom is 0.269 e. The SMILES string of the molecule is C[C@H]1[C@H]([Si](C)(C)O)[C@@H](CC(=O)N(CCO)Cc2ccccc2)O[C@]12C(=O)N(Cc1cccc(NC(=O)c3ccccc3)c1)c1ccc([N+](=O)[O-])cc12. The third-order valence-corrected chi connectivity index (χ3v) is 12.6. The fourth-order valence-electron chi connectivity index (χ4n) is 7.78. The number of anilines is 2. The van der Waals surface area contributed by atoms with Crippen molar-refractivity contribution < 1.29 is 33.9 Å². The molecule has 0 aliphatic carbocycles. The van der Waals surface area contributed by atoms with E-state index in [0.29, 0.717) is 28.1 Å². The van der Waals surface area contributed by atoms with Crippen LogP contribution < -0.4 is 10.2 Å². The van der Waals surface area contributed by atoms with Crippen LogP contribution in [0.4, 0.5) is 17.1 Å². The number of nitrogens with one attached hydrogen (secondary N) is 1. The molecule has 4 aromatic rings. The first kappa shape index (κ1) is 36.6. The smallest absolute Gasteiger partial charge is 0.269 e. The number of carbonyl (C=O) groups is 3. The van der Waals surface area contributed by atoms with Crippen LogP contribution in [0.2, 0.25) is 18.6 Å². The number of hydrogen-bond acceptors (Lipinski definition) is 8. The summed E-state index contributed by atoms with van der Waals surface area (Å²) in [5.74, 6) is -1.72. The molecule has 0 unspecified atom stereocenters. The van der Waals surface area contributed by atoms with E-state index in [1.165, 1.54) is 28.0 Å². The number of carbonyl (C=O) groups excluding carboxylic acids is 3. The Morgan fingerprint density at radius 1 is 0.981 bits per heavy atom. The van der Waals surface area contributed by atoms with Crippen LogP contribution in [0.3, 0.4) is 0 Å². The van der Waals surface area contributed by atoms with Gasteiger partial charge in [0, 0.05) is 53.5 Å². The van der Waals surface area contributed by atoms with E-state index in [0.717, 1.165) is 5.56 Å². The van der Waals surface area contributed by atoms with Gasteiger partial charge < -0.3 is 29.8 Å². The minimum absolute atomic E-state index is 0.0616. The van der Waals surface area contributed by atoms with Gasteiger partial charge in [0.05, 0.1) is 36.3 Å². The van der Waals surface area contributed by atoms with Gasteiger partial charge in [-0.1, -0.05) is 67.6 Å². The fourth-order valence-corrected chi connectivity index (χ4v) is 10.3. The molecule has 1 saturated heterocycles. The minimum atomic E-state index is -3.16. The summed E-state index contributed by atoms with van der Waals surface area (Å²) in [5.41, 5.74) is 0.775. The Bertz CT molecular complexity index is 1970. The average Bonchev–Trinajstić information content (AvgIpc) is 3.54. The zero-order chi connectivity index (χ0) is 37.2. The maximum atomic E-state index is 14.9. The molecule has 3 amide bonds. The van der Waals surface area contributed by atoms with Crippen LogP contribution >= 0.6 is 0 Å². The van der Waals surface area contributed by atoms with Crippen molar-refractivity contribution in [2.24, 2.45) is 5.92 Å². The topological polar surface area (TPSA) is 163 Å². The van der Waals surface area contributed by atoms with Gasteiger partial charge in [-0.05, 0) is 54.6 Å². The van der Waals surface area contributed by atoms with Gasteiger partial charge in [0.15, 0.2) is 13.9 Å². The Kier molecular flexibility index (Phi) is 10.4. The first-order valence-electron chi connectivity index (χ1n) is 17.2. The second-order valence-corrected chi connectivity index (χ2v) is 17.9. The third kappa shape index (κ3) is 7.12. The van der Waals surface area contributed by atoms with Gasteiger partial charge in [-0.25, -0.2) is 0 Å². The second kappa shape index (κ2) is 14.8. The Hall–Kier alpha value is -5.21. The quantitative estimate of drug-likeness (QED) is 0.0967. The Morgan fingerprint density at radius 2 is 1.65 bits per heavy atom. The summed E-state index contributed by atoms with van der Waals surface area (Å²) >= 11 is 0. The zero-order valence-corrected chi connectivity index (χ0v) is 30.3. The number of ether oxygens (including phenoxy) is 1. The molecule has 2 aliphatic heterocycles. The van der Waals surface area contributed by atoms with Crippen LogP contribution in [-0.2, 0) is 33.0 Å². The van der Waals surface area contributed by atoms with Crippen LogP contribution in [-0.4, -0.2) is 65.0 Å². The van der Waals surface area contributed by atoms with Crippen molar-refractivity contribution in [3.63, 3.8) is 0 Å². The molecule has 2 aliphatic rings. The number of hydrogen-bond donors (Lipinski definition) is 3. The summed E-state index contributed by atoms with van der Waals surface area (Å²) in [7, 11) is -3.16. The highest BCUT2D eigenvalue weighted by Crippen LogP contribution is 2.60. The highest BCUT2D eigenvalue weighted by atomic mass is 28.4. The number of nitrogens with zero attached hydrogens (tertiary/aromatic N) is 3. The molecule has 0 bridgehead atoms. The lowest BCUT2D eigenvalue weighted by molar-refractivity contribution is -0.385. The van der Waals surface area contributed by atoms with E-state index in [4.69, 9.17) is 4.74 Å². The molecule has 4 atom stereocenters. The molecule has 0 aromatic heterocycles. The predicted molar refractivity (Wildman–Crippen MR) is 198 cm³/mol. The number of aliphatic hydroxyl groups is 1. The van der Waals surface area contributed by atoms with Crippen molar-refractivity contribution >= 4 is 43.1 Å². The number of benzene rings is 4. The van der Waals surface area contributed by atoms with Crippen molar-refractivity contribution in [2.75, 3.05) is 23.4 Å². The summed E-state index contributed by atoms with van der Waals surface area (Å²) in [6.45, 7) is 5.43. The summed E-state index contributed by atoms with van der Waals surface area (Å²) in [4.78, 5) is 67.9. The van der Waals surface area contributed by atoms with Crippen LogP contribution in [0.25, 0.3) is 0 Å². The summed E-state index contributed by atoms with van der Waals surface area (Å²) in [6.07, 6.45) is -1.06. The number of non-ortho nitro benzene ring substituents is 1. The van der Waals surface area contributed by atoms with E-state index < -0.39 is 42.3 Å². The van der Waals surface area contributed by atoms with Gasteiger partial charge in [-0.15, -0.1) is 0 Å². The minimum Gasteiger partial charge on any atom is -0.432 e. The molecule has 3 N–H and O–H groups in total. The molecule has 13 heteroatoms. The van der Waals surface area contributed by atoms with E-state index >= 15 is 0 Å².